The van der Waals surface area contributed by atoms with Crippen LogP contribution in [-0.4, -0.2) is 40.7 Å². The van der Waals surface area contributed by atoms with Crippen molar-refractivity contribution in [2.75, 3.05) is 20.1 Å². The summed E-state index contributed by atoms with van der Waals surface area (Å²) in [6.45, 7) is 5.41. The number of likely N-dealkylation sites (tertiary alicyclic amines) is 1. The summed E-state index contributed by atoms with van der Waals surface area (Å²) in [5.41, 5.74) is 6.35. The molecule has 33 heavy (non-hydrogen) atoms. The Morgan fingerprint density at radius 2 is 1.76 bits per heavy atom. The third-order valence-electron chi connectivity index (χ3n) is 7.31. The van der Waals surface area contributed by atoms with Gasteiger partial charge < -0.3 is 14.2 Å². The van der Waals surface area contributed by atoms with E-state index in [9.17, 15) is 0 Å². The molecule has 0 aliphatic carbocycles. The van der Waals surface area contributed by atoms with E-state index in [1.165, 1.54) is 41.5 Å². The molecule has 1 saturated heterocycles. The van der Waals surface area contributed by atoms with E-state index in [1.54, 1.807) is 0 Å². The van der Waals surface area contributed by atoms with Gasteiger partial charge in [-0.2, -0.15) is 0 Å². The molecule has 2 aliphatic rings. The van der Waals surface area contributed by atoms with E-state index in [-0.39, 0.29) is 12.2 Å². The number of aromatic nitrogens is 2. The zero-order valence-corrected chi connectivity index (χ0v) is 20.2. The summed E-state index contributed by atoms with van der Waals surface area (Å²) in [5.74, 6) is 1.06. The Bertz CT molecular complexity index is 1050. The largest absolute Gasteiger partial charge is 0.362 e. The zero-order valence-electron chi connectivity index (χ0n) is 20.2. The van der Waals surface area contributed by atoms with Crippen molar-refractivity contribution in [3.63, 3.8) is 0 Å². The van der Waals surface area contributed by atoms with Gasteiger partial charge in [-0.15, -0.1) is 0 Å². The second-order valence-electron chi connectivity index (χ2n) is 9.80. The number of ether oxygens (including phenoxy) is 1. The van der Waals surface area contributed by atoms with Gasteiger partial charge in [0.25, 0.3) is 0 Å². The van der Waals surface area contributed by atoms with Gasteiger partial charge in [-0.25, -0.2) is 4.98 Å². The molecule has 1 aromatic heterocycles. The minimum absolute atomic E-state index is 0.0980. The Hall–Kier alpha value is -2.43. The quantitative estimate of drug-likeness (QED) is 0.417. The molecule has 2 aromatic carbocycles. The van der Waals surface area contributed by atoms with Gasteiger partial charge >= 0.3 is 0 Å². The van der Waals surface area contributed by atoms with Crippen molar-refractivity contribution in [3.8, 4) is 11.3 Å². The second kappa shape index (κ2) is 10.2. The number of unbranched alkanes of at least 4 members (excludes halogenated alkanes) is 2. The summed E-state index contributed by atoms with van der Waals surface area (Å²) in [5, 5.41) is 0. The van der Waals surface area contributed by atoms with Crippen molar-refractivity contribution in [3.05, 3.63) is 77.2 Å². The summed E-state index contributed by atoms with van der Waals surface area (Å²) in [7, 11) is 2.20. The number of piperidine rings is 1. The molecule has 3 aromatic rings. The molecule has 174 valence electrons. The highest BCUT2D eigenvalue weighted by molar-refractivity contribution is 5.59. The Balaban J connectivity index is 1.42. The monoisotopic (exact) mass is 443 g/mol. The number of rotatable bonds is 7. The lowest BCUT2D eigenvalue weighted by Crippen LogP contribution is -2.35. The van der Waals surface area contributed by atoms with Crippen LogP contribution >= 0.6 is 0 Å². The van der Waals surface area contributed by atoms with Crippen LogP contribution in [0.5, 0.6) is 0 Å². The van der Waals surface area contributed by atoms with Crippen molar-refractivity contribution < 1.29 is 4.74 Å². The Morgan fingerprint density at radius 3 is 2.55 bits per heavy atom. The number of benzene rings is 2. The average Bonchev–Trinajstić information content (AvgIpc) is 3.21. The van der Waals surface area contributed by atoms with Gasteiger partial charge in [-0.3, -0.25) is 0 Å². The molecule has 1 atom stereocenters. The Morgan fingerprint density at radius 1 is 0.970 bits per heavy atom. The molecule has 2 aliphatic heterocycles. The maximum absolute atomic E-state index is 6.83. The standard InChI is InChI=1S/C29H37N3O/c1-3-4-5-8-22-11-13-24(14-12-22)27-21-32-20-15-23-9-6-7-10-26(23)28(29(32)30-27)33-25-16-18-31(2)19-17-25/h6-7,9-14,21,25,28H,3-5,8,15-20H2,1-2H3. The first kappa shape index (κ1) is 22.4. The van der Waals surface area contributed by atoms with Crippen LogP contribution in [0.3, 0.4) is 0 Å². The molecule has 0 saturated carbocycles. The van der Waals surface area contributed by atoms with Gasteiger partial charge in [0, 0.05) is 31.4 Å². The first-order valence-electron chi connectivity index (χ1n) is 12.8. The molecule has 3 heterocycles. The van der Waals surface area contributed by atoms with Gasteiger partial charge in [0.1, 0.15) is 11.9 Å². The maximum Gasteiger partial charge on any atom is 0.143 e. The summed E-state index contributed by atoms with van der Waals surface area (Å²) < 4.78 is 9.16. The molecule has 5 rings (SSSR count). The lowest BCUT2D eigenvalue weighted by atomic mass is 9.99. The van der Waals surface area contributed by atoms with Crippen molar-refractivity contribution in [1.82, 2.24) is 14.5 Å². The summed E-state index contributed by atoms with van der Waals surface area (Å²) in [4.78, 5) is 7.57. The first-order chi connectivity index (χ1) is 16.2. The maximum atomic E-state index is 6.83. The van der Waals surface area contributed by atoms with Crippen molar-refractivity contribution in [2.45, 2.75) is 70.6 Å². The topological polar surface area (TPSA) is 30.3 Å². The molecule has 4 heteroatoms. The molecule has 0 bridgehead atoms. The van der Waals surface area contributed by atoms with Crippen LogP contribution in [0.15, 0.2) is 54.7 Å². The van der Waals surface area contributed by atoms with Crippen LogP contribution in [0, 0.1) is 0 Å². The number of hydrogen-bond donors (Lipinski definition) is 0. The average molecular weight is 444 g/mol. The second-order valence-corrected chi connectivity index (χ2v) is 9.80. The van der Waals surface area contributed by atoms with E-state index in [4.69, 9.17) is 9.72 Å². The number of imidazole rings is 1. The Kier molecular flexibility index (Phi) is 6.93. The SMILES string of the molecule is CCCCCc1ccc(-c2cn3c(n2)C(OC2CCN(C)CC2)c2ccccc2CC3)cc1. The van der Waals surface area contributed by atoms with Gasteiger partial charge in [-0.05, 0) is 55.8 Å². The zero-order chi connectivity index (χ0) is 22.6. The minimum Gasteiger partial charge on any atom is -0.362 e. The highest BCUT2D eigenvalue weighted by Crippen LogP contribution is 2.35. The van der Waals surface area contributed by atoms with Crippen LogP contribution in [0.4, 0.5) is 0 Å². The van der Waals surface area contributed by atoms with E-state index in [0.29, 0.717) is 0 Å². The van der Waals surface area contributed by atoms with E-state index >= 15 is 0 Å². The fourth-order valence-electron chi connectivity index (χ4n) is 5.22. The molecule has 0 N–H and O–H groups in total. The molecular formula is C29H37N3O. The van der Waals surface area contributed by atoms with E-state index in [0.717, 1.165) is 56.8 Å². The molecule has 1 unspecified atom stereocenters. The fourth-order valence-corrected chi connectivity index (χ4v) is 5.22. The van der Waals surface area contributed by atoms with Crippen LogP contribution < -0.4 is 0 Å². The third-order valence-corrected chi connectivity index (χ3v) is 7.31. The number of fused-ring (bicyclic) bond motifs is 2. The smallest absolute Gasteiger partial charge is 0.143 e. The van der Waals surface area contributed by atoms with E-state index in [1.807, 2.05) is 0 Å². The van der Waals surface area contributed by atoms with Crippen LogP contribution in [0.25, 0.3) is 11.3 Å². The van der Waals surface area contributed by atoms with Crippen molar-refractivity contribution in [2.24, 2.45) is 0 Å². The summed E-state index contributed by atoms with van der Waals surface area (Å²) in [6.07, 6.45) is 10.6. The number of aryl methyl sites for hydroxylation is 3. The van der Waals surface area contributed by atoms with Crippen LogP contribution in [-0.2, 0) is 24.1 Å². The number of hydrogen-bond acceptors (Lipinski definition) is 3. The first-order valence-corrected chi connectivity index (χ1v) is 12.8. The van der Waals surface area contributed by atoms with E-state index < -0.39 is 0 Å². The van der Waals surface area contributed by atoms with Crippen LogP contribution in [0.1, 0.15) is 67.6 Å². The van der Waals surface area contributed by atoms with Crippen molar-refractivity contribution >= 4 is 0 Å². The summed E-state index contributed by atoms with van der Waals surface area (Å²) >= 11 is 0. The van der Waals surface area contributed by atoms with Gasteiger partial charge in [0.2, 0.25) is 0 Å². The highest BCUT2D eigenvalue weighted by Gasteiger charge is 2.30. The molecule has 0 amide bonds. The van der Waals surface area contributed by atoms with Crippen molar-refractivity contribution in [1.29, 1.82) is 0 Å². The lowest BCUT2D eigenvalue weighted by Gasteiger charge is -2.32. The minimum atomic E-state index is -0.0980. The Labute approximate surface area is 198 Å². The molecular weight excluding hydrogens is 406 g/mol. The van der Waals surface area contributed by atoms with Crippen LogP contribution in [0.2, 0.25) is 0 Å². The molecule has 0 radical (unpaired) electrons. The predicted octanol–water partition coefficient (Wildman–Crippen LogP) is 6.04. The summed E-state index contributed by atoms with van der Waals surface area (Å²) in [6, 6.07) is 17.8. The number of nitrogens with zero attached hydrogens (tertiary/aromatic N) is 3. The molecule has 4 nitrogen and oxygen atoms in total. The molecule has 1 fully saturated rings. The highest BCUT2D eigenvalue weighted by atomic mass is 16.5. The van der Waals surface area contributed by atoms with Gasteiger partial charge in [0.05, 0.1) is 11.8 Å². The predicted molar refractivity (Wildman–Crippen MR) is 134 cm³/mol. The lowest BCUT2D eigenvalue weighted by molar-refractivity contribution is -0.0275. The third kappa shape index (κ3) is 5.07. The van der Waals surface area contributed by atoms with Gasteiger partial charge in [0.15, 0.2) is 0 Å². The molecule has 0 spiro atoms. The normalized spacial score (nSPS) is 19.2. The fraction of sp³-hybridized carbons (Fsp3) is 0.483. The van der Waals surface area contributed by atoms with Gasteiger partial charge in [-0.1, -0.05) is 68.3 Å². The van der Waals surface area contributed by atoms with E-state index in [2.05, 4.69) is 78.2 Å².